The van der Waals surface area contributed by atoms with Gasteiger partial charge in [0.15, 0.2) is 0 Å². The van der Waals surface area contributed by atoms with Crippen molar-refractivity contribution in [1.82, 2.24) is 5.32 Å². The Bertz CT molecular complexity index is 460. The van der Waals surface area contributed by atoms with Crippen LogP contribution in [0.1, 0.15) is 43.2 Å². The highest BCUT2D eigenvalue weighted by Crippen LogP contribution is 2.40. The van der Waals surface area contributed by atoms with Gasteiger partial charge in [-0.15, -0.1) is 0 Å². The van der Waals surface area contributed by atoms with Crippen LogP contribution in [0.25, 0.3) is 0 Å². The summed E-state index contributed by atoms with van der Waals surface area (Å²) in [6, 6.07) is 7.02. The third-order valence-corrected chi connectivity index (χ3v) is 5.19. The molecule has 1 aromatic rings. The van der Waals surface area contributed by atoms with Crippen LogP contribution in [0.15, 0.2) is 18.2 Å². The third kappa shape index (κ3) is 2.71. The van der Waals surface area contributed by atoms with E-state index in [2.05, 4.69) is 42.4 Å². The monoisotopic (exact) mass is 272 g/mol. The number of nitrogens with zero attached hydrogens (tertiary/aromatic N) is 1. The fraction of sp³-hybridized carbons (Fsp3) is 0.667. The SMILES string of the molecule is CNCC1(CN2CCCc3cc(C)ccc32)CCCC1. The van der Waals surface area contributed by atoms with E-state index >= 15 is 0 Å². The van der Waals surface area contributed by atoms with Gasteiger partial charge in [0.1, 0.15) is 0 Å². The zero-order valence-electron chi connectivity index (χ0n) is 13.0. The van der Waals surface area contributed by atoms with E-state index in [4.69, 9.17) is 0 Å². The molecule has 110 valence electrons. The predicted molar refractivity (Wildman–Crippen MR) is 86.5 cm³/mol. The van der Waals surface area contributed by atoms with Crippen LogP contribution in [0.3, 0.4) is 0 Å². The first kappa shape index (κ1) is 13.9. The smallest absolute Gasteiger partial charge is 0.0399 e. The molecule has 0 spiro atoms. The summed E-state index contributed by atoms with van der Waals surface area (Å²) in [6.45, 7) is 5.86. The van der Waals surface area contributed by atoms with Crippen LogP contribution >= 0.6 is 0 Å². The summed E-state index contributed by atoms with van der Waals surface area (Å²) in [5.41, 5.74) is 4.98. The van der Waals surface area contributed by atoms with E-state index in [0.717, 1.165) is 0 Å². The Kier molecular flexibility index (Phi) is 4.02. The van der Waals surface area contributed by atoms with Crippen molar-refractivity contribution in [2.24, 2.45) is 5.41 Å². The summed E-state index contributed by atoms with van der Waals surface area (Å²) in [5, 5.41) is 3.45. The van der Waals surface area contributed by atoms with Crippen molar-refractivity contribution in [3.8, 4) is 0 Å². The van der Waals surface area contributed by atoms with Gasteiger partial charge in [-0.3, -0.25) is 0 Å². The van der Waals surface area contributed by atoms with Crippen LogP contribution in [0, 0.1) is 12.3 Å². The molecule has 0 bridgehead atoms. The Hall–Kier alpha value is -1.02. The van der Waals surface area contributed by atoms with Crippen molar-refractivity contribution < 1.29 is 0 Å². The van der Waals surface area contributed by atoms with Gasteiger partial charge in [0, 0.05) is 30.7 Å². The molecule has 2 aliphatic rings. The van der Waals surface area contributed by atoms with E-state index < -0.39 is 0 Å². The molecule has 1 aromatic carbocycles. The van der Waals surface area contributed by atoms with Crippen molar-refractivity contribution in [2.75, 3.05) is 31.6 Å². The number of hydrogen-bond donors (Lipinski definition) is 1. The maximum atomic E-state index is 3.45. The Labute approximate surface area is 123 Å². The molecule has 0 atom stereocenters. The van der Waals surface area contributed by atoms with E-state index in [0.29, 0.717) is 5.41 Å². The molecule has 0 radical (unpaired) electrons. The van der Waals surface area contributed by atoms with E-state index in [1.807, 2.05) is 0 Å². The average Bonchev–Trinajstić information content (AvgIpc) is 2.87. The molecule has 1 saturated carbocycles. The third-order valence-electron chi connectivity index (χ3n) is 5.19. The van der Waals surface area contributed by atoms with E-state index in [1.54, 1.807) is 5.56 Å². The minimum atomic E-state index is 0.508. The molecule has 0 amide bonds. The molecular weight excluding hydrogens is 244 g/mol. The number of fused-ring (bicyclic) bond motifs is 1. The lowest BCUT2D eigenvalue weighted by Gasteiger charge is -2.39. The quantitative estimate of drug-likeness (QED) is 0.902. The number of benzene rings is 1. The zero-order valence-corrected chi connectivity index (χ0v) is 13.0. The number of anilines is 1. The van der Waals surface area contributed by atoms with Gasteiger partial charge >= 0.3 is 0 Å². The van der Waals surface area contributed by atoms with Crippen LogP contribution in [-0.4, -0.2) is 26.7 Å². The van der Waals surface area contributed by atoms with E-state index in [1.165, 1.54) is 69.4 Å². The molecule has 1 aliphatic heterocycles. The first-order chi connectivity index (χ1) is 9.72. The average molecular weight is 272 g/mol. The van der Waals surface area contributed by atoms with Crippen LogP contribution in [0.4, 0.5) is 5.69 Å². The second kappa shape index (κ2) is 5.77. The van der Waals surface area contributed by atoms with Crippen LogP contribution in [0.5, 0.6) is 0 Å². The lowest BCUT2D eigenvalue weighted by atomic mass is 9.84. The Morgan fingerprint density at radius 1 is 1.20 bits per heavy atom. The van der Waals surface area contributed by atoms with Gasteiger partial charge in [-0.25, -0.2) is 0 Å². The number of hydrogen-bond acceptors (Lipinski definition) is 2. The number of aryl methyl sites for hydroxylation is 2. The molecule has 1 N–H and O–H groups in total. The topological polar surface area (TPSA) is 15.3 Å². The van der Waals surface area contributed by atoms with Crippen molar-refractivity contribution in [1.29, 1.82) is 0 Å². The molecule has 0 saturated heterocycles. The zero-order chi connectivity index (χ0) is 14.0. The number of nitrogens with one attached hydrogen (secondary N) is 1. The van der Waals surface area contributed by atoms with Gasteiger partial charge < -0.3 is 10.2 Å². The summed E-state index contributed by atoms with van der Waals surface area (Å²) in [4.78, 5) is 2.67. The molecule has 20 heavy (non-hydrogen) atoms. The minimum Gasteiger partial charge on any atom is -0.371 e. The molecule has 0 aromatic heterocycles. The van der Waals surface area contributed by atoms with E-state index in [-0.39, 0.29) is 0 Å². The van der Waals surface area contributed by atoms with Crippen LogP contribution < -0.4 is 10.2 Å². The van der Waals surface area contributed by atoms with Crippen LogP contribution in [-0.2, 0) is 6.42 Å². The maximum Gasteiger partial charge on any atom is 0.0399 e. The van der Waals surface area contributed by atoms with E-state index in [9.17, 15) is 0 Å². The van der Waals surface area contributed by atoms with Crippen molar-refractivity contribution in [3.05, 3.63) is 29.3 Å². The van der Waals surface area contributed by atoms with Gasteiger partial charge in [0.2, 0.25) is 0 Å². The highest BCUT2D eigenvalue weighted by atomic mass is 15.1. The Balaban J connectivity index is 1.81. The van der Waals surface area contributed by atoms with Gasteiger partial charge in [-0.05, 0) is 51.3 Å². The largest absolute Gasteiger partial charge is 0.371 e. The number of rotatable bonds is 4. The second-order valence-corrected chi connectivity index (χ2v) is 6.89. The molecular formula is C18H28N2. The normalized spacial score (nSPS) is 21.0. The summed E-state index contributed by atoms with van der Waals surface area (Å²) in [6.07, 6.45) is 8.18. The fourth-order valence-corrected chi connectivity index (χ4v) is 4.26. The summed E-state index contributed by atoms with van der Waals surface area (Å²) >= 11 is 0. The Morgan fingerprint density at radius 2 is 2.00 bits per heavy atom. The summed E-state index contributed by atoms with van der Waals surface area (Å²) in [7, 11) is 2.10. The lowest BCUT2D eigenvalue weighted by Crippen LogP contribution is -2.43. The first-order valence-corrected chi connectivity index (χ1v) is 8.22. The molecule has 1 aliphatic carbocycles. The van der Waals surface area contributed by atoms with Crippen LogP contribution in [0.2, 0.25) is 0 Å². The predicted octanol–water partition coefficient (Wildman–Crippen LogP) is 3.53. The van der Waals surface area contributed by atoms with Gasteiger partial charge in [0.05, 0.1) is 0 Å². The lowest BCUT2D eigenvalue weighted by molar-refractivity contribution is 0.289. The molecule has 2 heteroatoms. The molecule has 0 unspecified atom stereocenters. The van der Waals surface area contributed by atoms with Gasteiger partial charge in [-0.2, -0.15) is 0 Å². The maximum absolute atomic E-state index is 3.45. The highest BCUT2D eigenvalue weighted by Gasteiger charge is 2.35. The molecule has 1 heterocycles. The summed E-state index contributed by atoms with van der Waals surface area (Å²) in [5.74, 6) is 0. The molecule has 2 nitrogen and oxygen atoms in total. The van der Waals surface area contributed by atoms with Gasteiger partial charge in [-0.1, -0.05) is 30.5 Å². The summed E-state index contributed by atoms with van der Waals surface area (Å²) < 4.78 is 0. The van der Waals surface area contributed by atoms with Gasteiger partial charge in [0.25, 0.3) is 0 Å². The molecule has 1 fully saturated rings. The van der Waals surface area contributed by atoms with Crippen molar-refractivity contribution in [3.63, 3.8) is 0 Å². The second-order valence-electron chi connectivity index (χ2n) is 6.89. The fourth-order valence-electron chi connectivity index (χ4n) is 4.26. The first-order valence-electron chi connectivity index (χ1n) is 8.22. The van der Waals surface area contributed by atoms with Crippen molar-refractivity contribution in [2.45, 2.75) is 45.4 Å². The highest BCUT2D eigenvalue weighted by molar-refractivity contribution is 5.57. The Morgan fingerprint density at radius 3 is 2.75 bits per heavy atom. The standard InChI is InChI=1S/C18H28N2/c1-15-7-8-17-16(12-15)6-5-11-20(17)14-18(13-19-2)9-3-4-10-18/h7-8,12,19H,3-6,9-11,13-14H2,1-2H3. The van der Waals surface area contributed by atoms with Crippen molar-refractivity contribution >= 4 is 5.69 Å². The minimum absolute atomic E-state index is 0.508. The molecule has 3 rings (SSSR count).